The van der Waals surface area contributed by atoms with Crippen molar-refractivity contribution in [2.45, 2.75) is 46.1 Å². The van der Waals surface area contributed by atoms with Gasteiger partial charge in [-0.15, -0.1) is 12.4 Å². The maximum atomic E-state index is 12.1. The molecule has 0 saturated carbocycles. The fourth-order valence-corrected chi connectivity index (χ4v) is 2.59. The summed E-state index contributed by atoms with van der Waals surface area (Å²) >= 11 is 0. The molecule has 6 heteroatoms. The summed E-state index contributed by atoms with van der Waals surface area (Å²) in [6.07, 6.45) is 2.83. The van der Waals surface area contributed by atoms with Crippen molar-refractivity contribution < 1.29 is 9.32 Å². The molecule has 1 aliphatic rings. The van der Waals surface area contributed by atoms with Crippen LogP contribution in [0.5, 0.6) is 0 Å². The van der Waals surface area contributed by atoms with Gasteiger partial charge in [0.25, 0.3) is 0 Å². The Morgan fingerprint density at radius 2 is 2.30 bits per heavy atom. The number of amides is 1. The van der Waals surface area contributed by atoms with Crippen LogP contribution in [0, 0.1) is 19.8 Å². The Morgan fingerprint density at radius 1 is 1.55 bits per heavy atom. The molecule has 114 valence electrons. The summed E-state index contributed by atoms with van der Waals surface area (Å²) in [7, 11) is 0. The van der Waals surface area contributed by atoms with Crippen LogP contribution in [0.25, 0.3) is 0 Å². The number of nitrogens with one attached hydrogen (secondary N) is 2. The first-order valence-electron chi connectivity index (χ1n) is 7.00. The molecule has 0 radical (unpaired) electrons. The van der Waals surface area contributed by atoms with E-state index in [4.69, 9.17) is 4.52 Å². The zero-order valence-corrected chi connectivity index (χ0v) is 13.2. The molecule has 0 spiro atoms. The number of aromatic nitrogens is 1. The predicted molar refractivity (Wildman–Crippen MR) is 80.1 cm³/mol. The Morgan fingerprint density at radius 3 is 2.85 bits per heavy atom. The molecule has 0 bridgehead atoms. The van der Waals surface area contributed by atoms with Crippen molar-refractivity contribution in [3.8, 4) is 0 Å². The van der Waals surface area contributed by atoms with Crippen LogP contribution in [0.1, 0.15) is 36.8 Å². The first-order chi connectivity index (χ1) is 9.08. The number of carbonyl (C=O) groups excluding carboxylic acids is 1. The molecule has 1 aromatic heterocycles. The lowest BCUT2D eigenvalue weighted by Crippen LogP contribution is -2.44. The van der Waals surface area contributed by atoms with Crippen LogP contribution in [0.4, 0.5) is 0 Å². The van der Waals surface area contributed by atoms with Crippen molar-refractivity contribution in [3.63, 3.8) is 0 Å². The highest BCUT2D eigenvalue weighted by molar-refractivity contribution is 5.85. The summed E-state index contributed by atoms with van der Waals surface area (Å²) in [6.45, 7) is 7.70. The number of carbonyl (C=O) groups is 1. The van der Waals surface area contributed by atoms with E-state index in [2.05, 4.69) is 15.8 Å². The van der Waals surface area contributed by atoms with Gasteiger partial charge in [0.2, 0.25) is 5.91 Å². The largest absolute Gasteiger partial charge is 0.361 e. The summed E-state index contributed by atoms with van der Waals surface area (Å²) in [4.78, 5) is 12.1. The normalized spacial score (nSPS) is 20.1. The minimum absolute atomic E-state index is 0. The van der Waals surface area contributed by atoms with Crippen molar-refractivity contribution in [1.82, 2.24) is 15.8 Å². The first kappa shape index (κ1) is 17.0. The van der Waals surface area contributed by atoms with Gasteiger partial charge in [-0.05, 0) is 46.6 Å². The van der Waals surface area contributed by atoms with E-state index in [1.54, 1.807) is 0 Å². The summed E-state index contributed by atoms with van der Waals surface area (Å²) in [6, 6.07) is 0.103. The van der Waals surface area contributed by atoms with Gasteiger partial charge in [-0.1, -0.05) is 5.16 Å². The Kier molecular flexibility index (Phi) is 6.49. The van der Waals surface area contributed by atoms with E-state index in [9.17, 15) is 4.79 Å². The molecule has 5 nitrogen and oxygen atoms in total. The minimum Gasteiger partial charge on any atom is -0.361 e. The molecule has 1 aromatic rings. The number of hydrogen-bond acceptors (Lipinski definition) is 4. The third-order valence-corrected chi connectivity index (χ3v) is 3.75. The van der Waals surface area contributed by atoms with E-state index in [1.807, 2.05) is 20.8 Å². The number of rotatable bonds is 4. The van der Waals surface area contributed by atoms with Crippen molar-refractivity contribution in [1.29, 1.82) is 0 Å². The Labute approximate surface area is 126 Å². The van der Waals surface area contributed by atoms with Gasteiger partial charge >= 0.3 is 0 Å². The van der Waals surface area contributed by atoms with Gasteiger partial charge in [-0.25, -0.2) is 0 Å². The van der Waals surface area contributed by atoms with Crippen LogP contribution >= 0.6 is 12.4 Å². The lowest BCUT2D eigenvalue weighted by Gasteiger charge is -2.24. The molecule has 2 heterocycles. The van der Waals surface area contributed by atoms with Gasteiger partial charge < -0.3 is 15.2 Å². The number of piperidine rings is 1. The van der Waals surface area contributed by atoms with Gasteiger partial charge in [-0.3, -0.25) is 4.79 Å². The van der Waals surface area contributed by atoms with Crippen molar-refractivity contribution in [2.75, 3.05) is 13.1 Å². The van der Waals surface area contributed by atoms with E-state index >= 15 is 0 Å². The fourth-order valence-electron chi connectivity index (χ4n) is 2.59. The standard InChI is InChI=1S/C14H23N3O2.ClH/c1-9(7-13-10(2)17-19-11(13)3)16-14(18)12-5-4-6-15-8-12;/h9,12,15H,4-8H2,1-3H3,(H,16,18);1H. The maximum Gasteiger partial charge on any atom is 0.224 e. The van der Waals surface area contributed by atoms with Gasteiger partial charge in [-0.2, -0.15) is 0 Å². The molecule has 20 heavy (non-hydrogen) atoms. The van der Waals surface area contributed by atoms with Crippen LogP contribution in [-0.2, 0) is 11.2 Å². The fraction of sp³-hybridized carbons (Fsp3) is 0.714. The van der Waals surface area contributed by atoms with Crippen LogP contribution in [0.3, 0.4) is 0 Å². The molecule has 1 saturated heterocycles. The number of halogens is 1. The molecule has 2 atom stereocenters. The van der Waals surface area contributed by atoms with Gasteiger partial charge in [0.1, 0.15) is 5.76 Å². The van der Waals surface area contributed by atoms with Crippen molar-refractivity contribution in [3.05, 3.63) is 17.0 Å². The molecule has 1 aliphatic heterocycles. The molecule has 0 aromatic carbocycles. The SMILES string of the molecule is Cc1noc(C)c1CC(C)NC(=O)C1CCCNC1.Cl. The second-order valence-corrected chi connectivity index (χ2v) is 5.46. The molecular formula is C14H24ClN3O2. The minimum atomic E-state index is 0. The second-order valence-electron chi connectivity index (χ2n) is 5.46. The average Bonchev–Trinajstić information content (AvgIpc) is 2.71. The third-order valence-electron chi connectivity index (χ3n) is 3.75. The van der Waals surface area contributed by atoms with Gasteiger partial charge in [0.05, 0.1) is 11.6 Å². The molecule has 2 N–H and O–H groups in total. The smallest absolute Gasteiger partial charge is 0.224 e. The lowest BCUT2D eigenvalue weighted by atomic mass is 9.98. The molecular weight excluding hydrogens is 278 g/mol. The zero-order chi connectivity index (χ0) is 13.8. The summed E-state index contributed by atoms with van der Waals surface area (Å²) in [5, 5.41) is 10.3. The molecule has 0 aliphatic carbocycles. The highest BCUT2D eigenvalue weighted by atomic mass is 35.5. The number of aryl methyl sites for hydroxylation is 2. The van der Waals surface area contributed by atoms with Crippen LogP contribution < -0.4 is 10.6 Å². The Hall–Kier alpha value is -1.07. The van der Waals surface area contributed by atoms with Gasteiger partial charge in [0.15, 0.2) is 0 Å². The number of nitrogens with zero attached hydrogens (tertiary/aromatic N) is 1. The quantitative estimate of drug-likeness (QED) is 0.889. The third kappa shape index (κ3) is 4.21. The van der Waals surface area contributed by atoms with E-state index in [0.29, 0.717) is 0 Å². The highest BCUT2D eigenvalue weighted by Crippen LogP contribution is 2.15. The van der Waals surface area contributed by atoms with Crippen LogP contribution in [-0.4, -0.2) is 30.2 Å². The van der Waals surface area contributed by atoms with E-state index in [1.165, 1.54) is 0 Å². The van der Waals surface area contributed by atoms with E-state index < -0.39 is 0 Å². The lowest BCUT2D eigenvalue weighted by molar-refractivity contribution is -0.126. The molecule has 1 amide bonds. The van der Waals surface area contributed by atoms with Crippen LogP contribution in [0.2, 0.25) is 0 Å². The van der Waals surface area contributed by atoms with Gasteiger partial charge in [0, 0.05) is 18.2 Å². The summed E-state index contributed by atoms with van der Waals surface area (Å²) < 4.78 is 5.14. The van der Waals surface area contributed by atoms with Crippen molar-refractivity contribution >= 4 is 18.3 Å². The average molecular weight is 302 g/mol. The van der Waals surface area contributed by atoms with Crippen LogP contribution in [0.15, 0.2) is 4.52 Å². The zero-order valence-electron chi connectivity index (χ0n) is 12.4. The molecule has 2 unspecified atom stereocenters. The summed E-state index contributed by atoms with van der Waals surface area (Å²) in [5.74, 6) is 1.12. The monoisotopic (exact) mass is 301 g/mol. The predicted octanol–water partition coefficient (Wildman–Crippen LogP) is 1.76. The first-order valence-corrected chi connectivity index (χ1v) is 7.00. The molecule has 1 fully saturated rings. The molecule has 2 rings (SSSR count). The Balaban J connectivity index is 0.00000200. The van der Waals surface area contributed by atoms with E-state index in [0.717, 1.165) is 49.4 Å². The topological polar surface area (TPSA) is 67.2 Å². The maximum absolute atomic E-state index is 12.1. The highest BCUT2D eigenvalue weighted by Gasteiger charge is 2.22. The van der Waals surface area contributed by atoms with Crippen molar-refractivity contribution in [2.24, 2.45) is 5.92 Å². The Bertz CT molecular complexity index is 422. The number of hydrogen-bond donors (Lipinski definition) is 2. The summed E-state index contributed by atoms with van der Waals surface area (Å²) in [5.41, 5.74) is 2.02. The second kappa shape index (κ2) is 7.64. The van der Waals surface area contributed by atoms with E-state index in [-0.39, 0.29) is 30.3 Å².